The molecular formula is C11H10FN3O. The second-order valence-electron chi connectivity index (χ2n) is 3.23. The fourth-order valence-electron chi connectivity index (χ4n) is 1.30. The summed E-state index contributed by atoms with van der Waals surface area (Å²) in [6.45, 7) is 0. The Bertz CT molecular complexity index is 490. The molecule has 0 aliphatic heterocycles. The normalized spacial score (nSPS) is 10.1. The number of benzene rings is 1. The number of halogens is 1. The number of anilines is 2. The van der Waals surface area contributed by atoms with E-state index in [4.69, 9.17) is 0 Å². The summed E-state index contributed by atoms with van der Waals surface area (Å²) in [6, 6.07) is 9.23. The van der Waals surface area contributed by atoms with Gasteiger partial charge in [-0.1, -0.05) is 6.07 Å². The number of quaternary nitrogens is 1. The van der Waals surface area contributed by atoms with Gasteiger partial charge in [-0.05, 0) is 18.2 Å². The van der Waals surface area contributed by atoms with Crippen LogP contribution >= 0.6 is 0 Å². The summed E-state index contributed by atoms with van der Waals surface area (Å²) in [5.41, 5.74) is 1.85. The van der Waals surface area contributed by atoms with E-state index in [9.17, 15) is 9.60 Å². The Morgan fingerprint density at radius 2 is 2.12 bits per heavy atom. The summed E-state index contributed by atoms with van der Waals surface area (Å²) in [5, 5.41) is 13.5. The van der Waals surface area contributed by atoms with E-state index in [1.165, 1.54) is 18.3 Å². The first-order valence-electron chi connectivity index (χ1n) is 4.72. The molecule has 1 aromatic carbocycles. The van der Waals surface area contributed by atoms with E-state index in [-0.39, 0.29) is 5.82 Å². The molecule has 0 aliphatic carbocycles. The Morgan fingerprint density at radius 1 is 1.25 bits per heavy atom. The minimum Gasteiger partial charge on any atom is -0.630 e. The van der Waals surface area contributed by atoms with E-state index in [0.717, 1.165) is 5.48 Å². The van der Waals surface area contributed by atoms with Crippen molar-refractivity contribution in [2.24, 2.45) is 0 Å². The summed E-state index contributed by atoms with van der Waals surface area (Å²) in [5.74, 6) is 0.187. The van der Waals surface area contributed by atoms with Crippen molar-refractivity contribution in [3.8, 4) is 0 Å². The minimum absolute atomic E-state index is 0.323. The number of hydrogen-bond acceptors (Lipinski definition) is 3. The zero-order chi connectivity index (χ0) is 11.4. The van der Waals surface area contributed by atoms with Gasteiger partial charge >= 0.3 is 0 Å². The summed E-state index contributed by atoms with van der Waals surface area (Å²) < 4.78 is 12.9. The van der Waals surface area contributed by atoms with Gasteiger partial charge in [0.25, 0.3) is 0 Å². The molecule has 3 N–H and O–H groups in total. The average molecular weight is 219 g/mol. The zero-order valence-electron chi connectivity index (χ0n) is 8.35. The number of rotatable bonds is 3. The Kier molecular flexibility index (Phi) is 3.09. The molecule has 0 saturated heterocycles. The first kappa shape index (κ1) is 10.5. The van der Waals surface area contributed by atoms with E-state index in [1.807, 2.05) is 0 Å². The van der Waals surface area contributed by atoms with Crippen LogP contribution in [0.1, 0.15) is 0 Å². The van der Waals surface area contributed by atoms with Gasteiger partial charge in [0.2, 0.25) is 0 Å². The highest BCUT2D eigenvalue weighted by Gasteiger charge is 1.99. The van der Waals surface area contributed by atoms with Gasteiger partial charge in [-0.15, -0.1) is 0 Å². The van der Waals surface area contributed by atoms with Crippen LogP contribution in [0.4, 0.5) is 21.6 Å². The first-order chi connectivity index (χ1) is 7.78. The van der Waals surface area contributed by atoms with Gasteiger partial charge in [0.05, 0.1) is 0 Å². The largest absolute Gasteiger partial charge is 0.630 e. The van der Waals surface area contributed by atoms with Crippen LogP contribution in [0.15, 0.2) is 42.6 Å². The van der Waals surface area contributed by atoms with Crippen molar-refractivity contribution in [3.63, 3.8) is 0 Å². The fraction of sp³-hybridized carbons (Fsp3) is 0. The number of hydrogen-bond donors (Lipinski definition) is 2. The van der Waals surface area contributed by atoms with Gasteiger partial charge in [-0.3, -0.25) is 0 Å². The van der Waals surface area contributed by atoms with E-state index in [0.29, 0.717) is 17.2 Å². The maximum atomic E-state index is 12.9. The Labute approximate surface area is 91.7 Å². The topological polar surface area (TPSA) is 64.6 Å². The van der Waals surface area contributed by atoms with Crippen molar-refractivity contribution in [2.75, 3.05) is 5.32 Å². The molecule has 82 valence electrons. The number of aromatic nitrogens is 1. The predicted octanol–water partition coefficient (Wildman–Crippen LogP) is 1.66. The third-order valence-corrected chi connectivity index (χ3v) is 2.02. The number of nitrogens with zero attached hydrogens (tertiary/aromatic N) is 1. The molecule has 0 unspecified atom stereocenters. The number of nitrogens with two attached hydrogens (primary N) is 1. The Hall–Kier alpha value is -1.98. The van der Waals surface area contributed by atoms with Crippen LogP contribution in [-0.2, 0) is 0 Å². The molecule has 5 heteroatoms. The molecule has 1 aromatic heterocycles. The fourth-order valence-corrected chi connectivity index (χ4v) is 1.30. The number of pyridine rings is 1. The smallest absolute Gasteiger partial charge is 0.136 e. The highest BCUT2D eigenvalue weighted by atomic mass is 19.1. The van der Waals surface area contributed by atoms with Crippen molar-refractivity contribution >= 4 is 17.2 Å². The molecule has 16 heavy (non-hydrogen) atoms. The summed E-state index contributed by atoms with van der Waals surface area (Å²) in [4.78, 5) is 4.02. The monoisotopic (exact) mass is 219 g/mol. The second-order valence-corrected chi connectivity index (χ2v) is 3.23. The standard InChI is InChI=1S/C11H10FN3O/c12-8-2-1-3-9(6-8)14-11-7-10(15-16)4-5-13-11/h1-7H,15H2,(H,13,14). The molecule has 0 spiro atoms. The van der Waals surface area contributed by atoms with Crippen LogP contribution in [0.5, 0.6) is 0 Å². The van der Waals surface area contributed by atoms with E-state index >= 15 is 0 Å². The lowest BCUT2D eigenvalue weighted by atomic mass is 10.3. The van der Waals surface area contributed by atoms with Gasteiger partial charge in [0, 0.05) is 24.0 Å². The van der Waals surface area contributed by atoms with E-state index in [1.54, 1.807) is 24.3 Å². The summed E-state index contributed by atoms with van der Waals surface area (Å²) in [7, 11) is 0. The minimum atomic E-state index is -0.323. The third-order valence-electron chi connectivity index (χ3n) is 2.02. The Balaban J connectivity index is 2.20. The lowest BCUT2D eigenvalue weighted by molar-refractivity contribution is -0.497. The summed E-state index contributed by atoms with van der Waals surface area (Å²) in [6.07, 6.45) is 1.52. The summed E-state index contributed by atoms with van der Waals surface area (Å²) >= 11 is 0. The Morgan fingerprint density at radius 3 is 2.88 bits per heavy atom. The molecule has 0 saturated carbocycles. The molecular weight excluding hydrogens is 209 g/mol. The highest BCUT2D eigenvalue weighted by molar-refractivity contribution is 5.57. The van der Waals surface area contributed by atoms with Crippen molar-refractivity contribution in [1.82, 2.24) is 4.98 Å². The van der Waals surface area contributed by atoms with E-state index in [2.05, 4.69) is 10.3 Å². The third kappa shape index (κ3) is 2.53. The molecule has 1 heterocycles. The van der Waals surface area contributed by atoms with Gasteiger partial charge in [-0.25, -0.2) is 9.37 Å². The van der Waals surface area contributed by atoms with Gasteiger partial charge in [0.1, 0.15) is 17.3 Å². The van der Waals surface area contributed by atoms with Gasteiger partial charge in [0.15, 0.2) is 0 Å². The average Bonchev–Trinajstić information content (AvgIpc) is 2.29. The number of nitrogens with one attached hydrogen (secondary N) is 1. The second kappa shape index (κ2) is 4.69. The zero-order valence-corrected chi connectivity index (χ0v) is 8.35. The quantitative estimate of drug-likeness (QED) is 0.771. The van der Waals surface area contributed by atoms with E-state index < -0.39 is 0 Å². The van der Waals surface area contributed by atoms with Crippen LogP contribution < -0.4 is 10.8 Å². The molecule has 0 bridgehead atoms. The maximum absolute atomic E-state index is 12.9. The van der Waals surface area contributed by atoms with Crippen molar-refractivity contribution < 1.29 is 9.87 Å². The SMILES string of the molecule is [O-][NH2+]c1ccnc(Nc2cccc(F)c2)c1. The van der Waals surface area contributed by atoms with Crippen LogP contribution in [-0.4, -0.2) is 4.98 Å². The lowest BCUT2D eigenvalue weighted by Gasteiger charge is -2.07. The van der Waals surface area contributed by atoms with Crippen LogP contribution in [0, 0.1) is 11.0 Å². The maximum Gasteiger partial charge on any atom is 0.136 e. The van der Waals surface area contributed by atoms with Crippen molar-refractivity contribution in [3.05, 3.63) is 53.6 Å². The molecule has 4 nitrogen and oxygen atoms in total. The molecule has 0 fully saturated rings. The lowest BCUT2D eigenvalue weighted by Crippen LogP contribution is -2.70. The predicted molar refractivity (Wildman–Crippen MR) is 58.9 cm³/mol. The van der Waals surface area contributed by atoms with Crippen molar-refractivity contribution in [2.45, 2.75) is 0 Å². The van der Waals surface area contributed by atoms with Crippen LogP contribution in [0.3, 0.4) is 0 Å². The van der Waals surface area contributed by atoms with Gasteiger partial charge in [-0.2, -0.15) is 0 Å². The molecule has 2 rings (SSSR count). The first-order valence-corrected chi connectivity index (χ1v) is 4.72. The molecule has 0 amide bonds. The highest BCUT2D eigenvalue weighted by Crippen LogP contribution is 2.16. The van der Waals surface area contributed by atoms with Gasteiger partial charge < -0.3 is 16.0 Å². The molecule has 0 atom stereocenters. The van der Waals surface area contributed by atoms with Crippen LogP contribution in [0.25, 0.3) is 0 Å². The van der Waals surface area contributed by atoms with Crippen molar-refractivity contribution in [1.29, 1.82) is 0 Å². The molecule has 2 aromatic rings. The van der Waals surface area contributed by atoms with Crippen LogP contribution in [0.2, 0.25) is 0 Å². The molecule has 0 radical (unpaired) electrons. The molecule has 0 aliphatic rings.